The van der Waals surface area contributed by atoms with Crippen LogP contribution >= 0.6 is 0 Å². The lowest BCUT2D eigenvalue weighted by molar-refractivity contribution is -0.0326. The standard InChI is InChI=1S/C20H25N3O/c1-15-6-11-24-20(13-15)7-9-23(10-8-20)19-17(14-21)12-16-4-2-3-5-18(16)22-19/h12-13H,2-11H2,1H3. The zero-order valence-corrected chi connectivity index (χ0v) is 14.5. The van der Waals surface area contributed by atoms with Gasteiger partial charge in [-0.3, -0.25) is 0 Å². The molecule has 1 saturated heterocycles. The van der Waals surface area contributed by atoms with E-state index in [2.05, 4.69) is 30.0 Å². The van der Waals surface area contributed by atoms with Gasteiger partial charge in [0.25, 0.3) is 0 Å². The van der Waals surface area contributed by atoms with E-state index in [0.717, 1.165) is 63.2 Å². The van der Waals surface area contributed by atoms with Crippen LogP contribution in [0.3, 0.4) is 0 Å². The third-order valence-electron chi connectivity index (χ3n) is 5.71. The molecule has 3 aliphatic rings. The molecule has 1 aromatic heterocycles. The van der Waals surface area contributed by atoms with Crippen molar-refractivity contribution >= 4 is 5.82 Å². The van der Waals surface area contributed by atoms with Gasteiger partial charge in [0.15, 0.2) is 0 Å². The number of fused-ring (bicyclic) bond motifs is 1. The summed E-state index contributed by atoms with van der Waals surface area (Å²) >= 11 is 0. The average Bonchev–Trinajstić information content (AvgIpc) is 2.61. The SMILES string of the molecule is CC1=CC2(CCN(c3nc4c(cc3C#N)CCCC4)CC2)OCC1. The lowest BCUT2D eigenvalue weighted by Crippen LogP contribution is -2.47. The summed E-state index contributed by atoms with van der Waals surface area (Å²) in [6.45, 7) is 4.85. The highest BCUT2D eigenvalue weighted by atomic mass is 16.5. The Balaban J connectivity index is 1.57. The number of pyridine rings is 1. The fourth-order valence-corrected chi connectivity index (χ4v) is 4.31. The number of anilines is 1. The van der Waals surface area contributed by atoms with E-state index in [9.17, 15) is 5.26 Å². The zero-order chi connectivity index (χ0) is 16.6. The van der Waals surface area contributed by atoms with Crippen LogP contribution < -0.4 is 4.90 Å². The number of nitriles is 1. The topological polar surface area (TPSA) is 49.2 Å². The number of piperidine rings is 1. The molecule has 0 N–H and O–H groups in total. The van der Waals surface area contributed by atoms with Crippen LogP contribution in [0.2, 0.25) is 0 Å². The van der Waals surface area contributed by atoms with E-state index in [1.165, 1.54) is 29.7 Å². The van der Waals surface area contributed by atoms with Crippen molar-refractivity contribution in [2.45, 2.75) is 57.5 Å². The van der Waals surface area contributed by atoms with Crippen molar-refractivity contribution in [3.8, 4) is 6.07 Å². The summed E-state index contributed by atoms with van der Waals surface area (Å²) in [6, 6.07) is 4.46. The maximum absolute atomic E-state index is 9.58. The second-order valence-corrected chi connectivity index (χ2v) is 7.43. The van der Waals surface area contributed by atoms with Crippen molar-refractivity contribution < 1.29 is 4.74 Å². The van der Waals surface area contributed by atoms with E-state index < -0.39 is 0 Å². The van der Waals surface area contributed by atoms with Crippen molar-refractivity contribution in [2.75, 3.05) is 24.6 Å². The summed E-state index contributed by atoms with van der Waals surface area (Å²) < 4.78 is 6.12. The summed E-state index contributed by atoms with van der Waals surface area (Å²) in [5.74, 6) is 0.893. The Kier molecular flexibility index (Phi) is 4.05. The number of aryl methyl sites for hydroxylation is 2. The minimum absolute atomic E-state index is 0.0835. The first-order valence-electron chi connectivity index (χ1n) is 9.19. The Hall–Kier alpha value is -1.86. The highest BCUT2D eigenvalue weighted by molar-refractivity contribution is 5.57. The van der Waals surface area contributed by atoms with Crippen LogP contribution in [-0.2, 0) is 17.6 Å². The van der Waals surface area contributed by atoms with E-state index >= 15 is 0 Å². The Bertz CT molecular complexity index is 708. The van der Waals surface area contributed by atoms with Gasteiger partial charge in [0.1, 0.15) is 11.9 Å². The monoisotopic (exact) mass is 323 g/mol. The molecule has 4 heteroatoms. The van der Waals surface area contributed by atoms with Gasteiger partial charge in [-0.15, -0.1) is 0 Å². The van der Waals surface area contributed by atoms with Crippen LogP contribution in [0, 0.1) is 11.3 Å². The van der Waals surface area contributed by atoms with Crippen molar-refractivity contribution in [1.29, 1.82) is 5.26 Å². The van der Waals surface area contributed by atoms with Gasteiger partial charge in [-0.2, -0.15) is 5.26 Å². The number of aromatic nitrogens is 1. The van der Waals surface area contributed by atoms with Crippen molar-refractivity contribution in [3.63, 3.8) is 0 Å². The smallest absolute Gasteiger partial charge is 0.146 e. The molecule has 1 aromatic rings. The van der Waals surface area contributed by atoms with E-state index in [0.29, 0.717) is 0 Å². The van der Waals surface area contributed by atoms with Gasteiger partial charge in [0.05, 0.1) is 17.8 Å². The maximum atomic E-state index is 9.58. The summed E-state index contributed by atoms with van der Waals surface area (Å²) in [4.78, 5) is 7.19. The van der Waals surface area contributed by atoms with Crippen molar-refractivity contribution in [2.24, 2.45) is 0 Å². The second-order valence-electron chi connectivity index (χ2n) is 7.43. The lowest BCUT2D eigenvalue weighted by Gasteiger charge is -2.42. The van der Waals surface area contributed by atoms with E-state index in [1.54, 1.807) is 0 Å². The van der Waals surface area contributed by atoms with Gasteiger partial charge < -0.3 is 9.64 Å². The molecule has 0 bridgehead atoms. The maximum Gasteiger partial charge on any atom is 0.146 e. The number of hydrogen-bond donors (Lipinski definition) is 0. The van der Waals surface area contributed by atoms with Gasteiger partial charge >= 0.3 is 0 Å². The molecule has 0 aromatic carbocycles. The first-order valence-corrected chi connectivity index (χ1v) is 9.19. The minimum atomic E-state index is -0.0835. The quantitative estimate of drug-likeness (QED) is 0.742. The first kappa shape index (κ1) is 15.7. The van der Waals surface area contributed by atoms with Gasteiger partial charge in [0.2, 0.25) is 0 Å². The first-order chi connectivity index (χ1) is 11.7. The van der Waals surface area contributed by atoms with E-state index in [-0.39, 0.29) is 5.60 Å². The normalized spacial score (nSPS) is 22.7. The van der Waals surface area contributed by atoms with Gasteiger partial charge in [-0.05, 0) is 63.5 Å². The van der Waals surface area contributed by atoms with Crippen LogP contribution in [0.15, 0.2) is 17.7 Å². The number of ether oxygens (including phenoxy) is 1. The molecular formula is C20H25N3O. The zero-order valence-electron chi connectivity index (χ0n) is 14.5. The van der Waals surface area contributed by atoms with Gasteiger partial charge in [-0.1, -0.05) is 11.6 Å². The van der Waals surface area contributed by atoms with Gasteiger partial charge in [0, 0.05) is 18.8 Å². The highest BCUT2D eigenvalue weighted by Gasteiger charge is 2.36. The highest BCUT2D eigenvalue weighted by Crippen LogP contribution is 2.35. The molecule has 24 heavy (non-hydrogen) atoms. The third kappa shape index (κ3) is 2.82. The van der Waals surface area contributed by atoms with Crippen molar-refractivity contribution in [3.05, 3.63) is 34.5 Å². The van der Waals surface area contributed by atoms with Crippen LogP contribution in [-0.4, -0.2) is 30.3 Å². The molecule has 1 fully saturated rings. The fourth-order valence-electron chi connectivity index (χ4n) is 4.31. The molecule has 0 unspecified atom stereocenters. The Morgan fingerprint density at radius 2 is 2.00 bits per heavy atom. The fraction of sp³-hybridized carbons (Fsp3) is 0.600. The van der Waals surface area contributed by atoms with E-state index in [4.69, 9.17) is 9.72 Å². The summed E-state index contributed by atoms with van der Waals surface area (Å²) in [5, 5.41) is 9.58. The summed E-state index contributed by atoms with van der Waals surface area (Å²) in [5.41, 5.74) is 4.59. The molecule has 4 rings (SSSR count). The molecule has 0 atom stereocenters. The number of rotatable bonds is 1. The Morgan fingerprint density at radius 3 is 2.75 bits per heavy atom. The van der Waals surface area contributed by atoms with Crippen LogP contribution in [0.1, 0.15) is 55.8 Å². The molecule has 4 nitrogen and oxygen atoms in total. The Morgan fingerprint density at radius 1 is 1.21 bits per heavy atom. The van der Waals surface area contributed by atoms with Gasteiger partial charge in [-0.25, -0.2) is 4.98 Å². The predicted octanol–water partition coefficient (Wildman–Crippen LogP) is 3.54. The van der Waals surface area contributed by atoms with E-state index in [1.807, 2.05) is 0 Å². The molecule has 1 aliphatic carbocycles. The molecule has 0 saturated carbocycles. The largest absolute Gasteiger partial charge is 0.370 e. The Labute approximate surface area is 144 Å². The second kappa shape index (κ2) is 6.22. The molecule has 1 spiro atoms. The predicted molar refractivity (Wildman–Crippen MR) is 94.1 cm³/mol. The third-order valence-corrected chi connectivity index (χ3v) is 5.71. The van der Waals surface area contributed by atoms with Crippen LogP contribution in [0.5, 0.6) is 0 Å². The minimum Gasteiger partial charge on any atom is -0.370 e. The summed E-state index contributed by atoms with van der Waals surface area (Å²) in [6.07, 6.45) is 9.90. The molecular weight excluding hydrogens is 298 g/mol. The van der Waals surface area contributed by atoms with Crippen molar-refractivity contribution in [1.82, 2.24) is 4.98 Å². The lowest BCUT2D eigenvalue weighted by atomic mass is 9.86. The molecule has 0 amide bonds. The average molecular weight is 323 g/mol. The number of hydrogen-bond acceptors (Lipinski definition) is 4. The van der Waals surface area contributed by atoms with Crippen LogP contribution in [0.25, 0.3) is 0 Å². The molecule has 0 radical (unpaired) electrons. The molecule has 2 aliphatic heterocycles. The summed E-state index contributed by atoms with van der Waals surface area (Å²) in [7, 11) is 0. The molecule has 126 valence electrons. The molecule has 3 heterocycles. The number of nitrogens with zero attached hydrogens (tertiary/aromatic N) is 3. The van der Waals surface area contributed by atoms with Crippen LogP contribution in [0.4, 0.5) is 5.82 Å².